The molecule has 0 aliphatic rings. The highest BCUT2D eigenvalue weighted by Crippen LogP contribution is 2.16. The van der Waals surface area contributed by atoms with Gasteiger partial charge in [-0.05, 0) is 36.4 Å². The molecule has 144 valence electrons. The van der Waals surface area contributed by atoms with Crippen molar-refractivity contribution in [1.82, 2.24) is 14.5 Å². The van der Waals surface area contributed by atoms with Gasteiger partial charge in [0.2, 0.25) is 0 Å². The largest absolute Gasteiger partial charge is 0.334 e. The summed E-state index contributed by atoms with van der Waals surface area (Å²) in [6, 6.07) is 15.1. The average molecular weight is 384 g/mol. The summed E-state index contributed by atoms with van der Waals surface area (Å²) in [5, 5.41) is 2.75. The third-order valence-electron chi connectivity index (χ3n) is 4.11. The fourth-order valence-corrected chi connectivity index (χ4v) is 2.64. The number of benzene rings is 2. The van der Waals surface area contributed by atoms with Gasteiger partial charge in [-0.3, -0.25) is 14.2 Å². The van der Waals surface area contributed by atoms with Crippen molar-refractivity contribution in [1.29, 1.82) is 0 Å². The Hall–Kier alpha value is -3.55. The zero-order valence-electron chi connectivity index (χ0n) is 15.0. The molecule has 1 N–H and O–H groups in total. The molecule has 0 saturated carbocycles. The van der Waals surface area contributed by atoms with Crippen LogP contribution < -0.4 is 5.32 Å². The van der Waals surface area contributed by atoms with Crippen molar-refractivity contribution in [3.8, 4) is 0 Å². The number of alkyl halides is 2. The van der Waals surface area contributed by atoms with Crippen molar-refractivity contribution >= 4 is 17.5 Å². The Morgan fingerprint density at radius 2 is 1.75 bits per heavy atom. The van der Waals surface area contributed by atoms with E-state index in [1.807, 2.05) is 6.07 Å². The average Bonchev–Trinajstić information content (AvgIpc) is 3.17. The highest BCUT2D eigenvalue weighted by Gasteiger charge is 2.17. The maximum absolute atomic E-state index is 12.9. The lowest BCUT2D eigenvalue weighted by molar-refractivity contribution is 0.0612. The van der Waals surface area contributed by atoms with Crippen LogP contribution >= 0.6 is 0 Å². The van der Waals surface area contributed by atoms with E-state index in [1.54, 1.807) is 48.5 Å². The Labute approximate surface area is 160 Å². The Morgan fingerprint density at radius 3 is 2.39 bits per heavy atom. The number of halogens is 2. The van der Waals surface area contributed by atoms with Crippen molar-refractivity contribution < 1.29 is 18.4 Å². The van der Waals surface area contributed by atoms with E-state index in [9.17, 15) is 18.4 Å². The molecule has 0 aliphatic heterocycles. The number of carbonyl (C=O) groups is 2. The summed E-state index contributed by atoms with van der Waals surface area (Å²) in [4.78, 5) is 29.8. The SMILES string of the molecule is CN(Cc1nccn1C(F)F)C(=O)c1ccc(NC(=O)c2ccccc2)cc1. The van der Waals surface area contributed by atoms with Crippen LogP contribution in [0.5, 0.6) is 0 Å². The molecule has 2 amide bonds. The van der Waals surface area contributed by atoms with E-state index in [4.69, 9.17) is 0 Å². The molecule has 8 heteroatoms. The summed E-state index contributed by atoms with van der Waals surface area (Å²) >= 11 is 0. The van der Waals surface area contributed by atoms with Crippen LogP contribution in [-0.2, 0) is 6.54 Å². The van der Waals surface area contributed by atoms with E-state index >= 15 is 0 Å². The zero-order valence-corrected chi connectivity index (χ0v) is 15.0. The number of aromatic nitrogens is 2. The van der Waals surface area contributed by atoms with Gasteiger partial charge in [0, 0.05) is 36.3 Å². The molecular formula is C20H18F2N4O2. The number of amides is 2. The number of hydrogen-bond donors (Lipinski definition) is 1. The van der Waals surface area contributed by atoms with Gasteiger partial charge in [-0.1, -0.05) is 18.2 Å². The van der Waals surface area contributed by atoms with E-state index in [2.05, 4.69) is 10.3 Å². The molecule has 0 unspecified atom stereocenters. The zero-order chi connectivity index (χ0) is 20.1. The molecule has 3 aromatic rings. The van der Waals surface area contributed by atoms with Crippen LogP contribution in [0.4, 0.5) is 14.5 Å². The molecule has 0 aliphatic carbocycles. The second-order valence-corrected chi connectivity index (χ2v) is 6.09. The number of imidazole rings is 1. The van der Waals surface area contributed by atoms with Crippen LogP contribution in [0.1, 0.15) is 33.1 Å². The first-order valence-electron chi connectivity index (χ1n) is 8.47. The first-order chi connectivity index (χ1) is 13.5. The van der Waals surface area contributed by atoms with Crippen molar-refractivity contribution in [3.63, 3.8) is 0 Å². The molecule has 0 bridgehead atoms. The number of carbonyl (C=O) groups excluding carboxylic acids is 2. The number of anilines is 1. The molecular weight excluding hydrogens is 366 g/mol. The molecule has 0 spiro atoms. The minimum Gasteiger partial charge on any atom is -0.334 e. The van der Waals surface area contributed by atoms with Crippen molar-refractivity contribution in [3.05, 3.63) is 83.9 Å². The van der Waals surface area contributed by atoms with Crippen molar-refractivity contribution in [2.75, 3.05) is 12.4 Å². The molecule has 1 heterocycles. The fraction of sp³-hybridized carbons (Fsp3) is 0.150. The van der Waals surface area contributed by atoms with Gasteiger partial charge in [0.05, 0.1) is 6.54 Å². The lowest BCUT2D eigenvalue weighted by atomic mass is 10.1. The summed E-state index contributed by atoms with van der Waals surface area (Å²) in [5.74, 6) is -0.502. The first kappa shape index (κ1) is 19.2. The van der Waals surface area contributed by atoms with Crippen LogP contribution in [0.3, 0.4) is 0 Å². The number of hydrogen-bond acceptors (Lipinski definition) is 3. The summed E-state index contributed by atoms with van der Waals surface area (Å²) in [7, 11) is 1.51. The third kappa shape index (κ3) is 4.40. The van der Waals surface area contributed by atoms with Gasteiger partial charge < -0.3 is 10.2 Å². The molecule has 0 atom stereocenters. The van der Waals surface area contributed by atoms with Crippen LogP contribution in [0.25, 0.3) is 0 Å². The Balaban J connectivity index is 1.64. The molecule has 28 heavy (non-hydrogen) atoms. The number of rotatable bonds is 6. The minimum absolute atomic E-state index is 0.0529. The monoisotopic (exact) mass is 384 g/mol. The van der Waals surface area contributed by atoms with Gasteiger partial charge in [0.15, 0.2) is 0 Å². The molecule has 0 radical (unpaired) electrons. The lowest BCUT2D eigenvalue weighted by Gasteiger charge is -2.18. The fourth-order valence-electron chi connectivity index (χ4n) is 2.64. The van der Waals surface area contributed by atoms with E-state index in [0.717, 1.165) is 0 Å². The van der Waals surface area contributed by atoms with Crippen molar-refractivity contribution in [2.45, 2.75) is 13.1 Å². The second-order valence-electron chi connectivity index (χ2n) is 6.09. The predicted octanol–water partition coefficient (Wildman–Crippen LogP) is 3.80. The predicted molar refractivity (Wildman–Crippen MR) is 100 cm³/mol. The second kappa shape index (κ2) is 8.43. The standard InChI is InChI=1S/C20H18F2N4O2/c1-25(13-17-23-11-12-26(17)20(21)22)19(28)15-7-9-16(10-8-15)24-18(27)14-5-3-2-4-6-14/h2-12,20H,13H2,1H3,(H,24,27). The molecule has 3 rings (SSSR count). The Bertz CT molecular complexity index is 956. The Morgan fingerprint density at radius 1 is 1.07 bits per heavy atom. The third-order valence-corrected chi connectivity index (χ3v) is 4.11. The molecule has 2 aromatic carbocycles. The smallest absolute Gasteiger partial charge is 0.319 e. The molecule has 0 saturated heterocycles. The molecule has 0 fully saturated rings. The minimum atomic E-state index is -2.71. The van der Waals surface area contributed by atoms with Gasteiger partial charge in [-0.2, -0.15) is 8.78 Å². The van der Waals surface area contributed by atoms with Gasteiger partial charge in [-0.25, -0.2) is 4.98 Å². The normalized spacial score (nSPS) is 10.7. The maximum atomic E-state index is 12.9. The van der Waals surface area contributed by atoms with E-state index in [0.29, 0.717) is 21.4 Å². The number of nitrogens with one attached hydrogen (secondary N) is 1. The quantitative estimate of drug-likeness (QED) is 0.703. The van der Waals surface area contributed by atoms with E-state index < -0.39 is 6.55 Å². The van der Waals surface area contributed by atoms with E-state index in [-0.39, 0.29) is 24.2 Å². The molecule has 6 nitrogen and oxygen atoms in total. The highest BCUT2D eigenvalue weighted by atomic mass is 19.3. The topological polar surface area (TPSA) is 67.2 Å². The summed E-state index contributed by atoms with van der Waals surface area (Å²) in [6.07, 6.45) is 2.44. The number of nitrogens with zero attached hydrogens (tertiary/aromatic N) is 3. The van der Waals surface area contributed by atoms with Gasteiger partial charge in [0.1, 0.15) is 5.82 Å². The van der Waals surface area contributed by atoms with Crippen LogP contribution in [0, 0.1) is 0 Å². The van der Waals surface area contributed by atoms with Gasteiger partial charge in [0.25, 0.3) is 11.8 Å². The maximum Gasteiger partial charge on any atom is 0.319 e. The Kier molecular flexibility index (Phi) is 5.78. The van der Waals surface area contributed by atoms with Crippen LogP contribution in [0.15, 0.2) is 67.0 Å². The lowest BCUT2D eigenvalue weighted by Crippen LogP contribution is -2.27. The molecule has 1 aromatic heterocycles. The van der Waals surface area contributed by atoms with Gasteiger partial charge in [-0.15, -0.1) is 0 Å². The van der Waals surface area contributed by atoms with Crippen LogP contribution in [-0.4, -0.2) is 33.3 Å². The summed E-state index contributed by atoms with van der Waals surface area (Å²) in [5.41, 5.74) is 1.44. The van der Waals surface area contributed by atoms with Crippen LogP contribution in [0.2, 0.25) is 0 Å². The van der Waals surface area contributed by atoms with Crippen molar-refractivity contribution in [2.24, 2.45) is 0 Å². The first-order valence-corrected chi connectivity index (χ1v) is 8.47. The van der Waals surface area contributed by atoms with E-state index in [1.165, 1.54) is 24.3 Å². The van der Waals surface area contributed by atoms with Gasteiger partial charge >= 0.3 is 6.55 Å². The summed E-state index contributed by atoms with van der Waals surface area (Å²) in [6.45, 7) is -2.77. The summed E-state index contributed by atoms with van der Waals surface area (Å²) < 4.78 is 26.5. The highest BCUT2D eigenvalue weighted by molar-refractivity contribution is 6.04.